The van der Waals surface area contributed by atoms with E-state index in [1.165, 1.54) is 5.56 Å². The van der Waals surface area contributed by atoms with Crippen molar-refractivity contribution < 1.29 is 9.53 Å². The second kappa shape index (κ2) is 6.92. The van der Waals surface area contributed by atoms with Gasteiger partial charge in [-0.2, -0.15) is 5.26 Å². The molecule has 0 aliphatic carbocycles. The topological polar surface area (TPSA) is 56.6 Å². The van der Waals surface area contributed by atoms with E-state index < -0.39 is 0 Å². The van der Waals surface area contributed by atoms with Crippen LogP contribution in [0.2, 0.25) is 0 Å². The lowest BCUT2D eigenvalue weighted by molar-refractivity contribution is -0.174. The maximum Gasteiger partial charge on any atom is 0.248 e. The minimum atomic E-state index is -0.177. The van der Waals surface area contributed by atoms with Gasteiger partial charge < -0.3 is 9.64 Å². The monoisotopic (exact) mass is 327 g/mol. The number of morpholine rings is 1. The zero-order valence-corrected chi connectivity index (χ0v) is 14.5. The molecule has 0 radical (unpaired) electrons. The van der Waals surface area contributed by atoms with Crippen molar-refractivity contribution in [2.45, 2.75) is 44.9 Å². The van der Waals surface area contributed by atoms with Gasteiger partial charge in [-0.3, -0.25) is 9.69 Å². The van der Waals surface area contributed by atoms with Gasteiger partial charge in [-0.25, -0.2) is 0 Å². The summed E-state index contributed by atoms with van der Waals surface area (Å²) in [6.07, 6.45) is 1.89. The van der Waals surface area contributed by atoms with Gasteiger partial charge in [0.25, 0.3) is 0 Å². The molecule has 0 atom stereocenters. The Kier molecular flexibility index (Phi) is 4.88. The molecule has 1 aromatic carbocycles. The molecule has 0 aromatic heterocycles. The van der Waals surface area contributed by atoms with Gasteiger partial charge in [-0.05, 0) is 44.4 Å². The van der Waals surface area contributed by atoms with Crippen molar-refractivity contribution in [1.82, 2.24) is 9.80 Å². The number of hydrogen-bond acceptors (Lipinski definition) is 4. The third-order valence-corrected chi connectivity index (χ3v) is 5.13. The molecule has 2 aliphatic heterocycles. The number of nitriles is 1. The average Bonchev–Trinajstić information content (AvgIpc) is 2.59. The summed E-state index contributed by atoms with van der Waals surface area (Å²) < 4.78 is 5.97. The molecular weight excluding hydrogens is 302 g/mol. The first-order valence-electron chi connectivity index (χ1n) is 8.66. The quantitative estimate of drug-likeness (QED) is 0.854. The number of carbonyl (C=O) groups excluding carboxylic acids is 1. The molecule has 2 saturated heterocycles. The Labute approximate surface area is 143 Å². The summed E-state index contributed by atoms with van der Waals surface area (Å²) in [6.45, 7) is 7.82. The van der Waals surface area contributed by atoms with Gasteiger partial charge in [0, 0.05) is 25.7 Å². The molecule has 0 N–H and O–H groups in total. The second-order valence-electron chi connectivity index (χ2n) is 7.18. The van der Waals surface area contributed by atoms with Crippen LogP contribution in [0.5, 0.6) is 0 Å². The molecule has 2 heterocycles. The molecule has 24 heavy (non-hydrogen) atoms. The number of carbonyl (C=O) groups is 1. The zero-order chi connectivity index (χ0) is 17.2. The highest BCUT2D eigenvalue weighted by Gasteiger charge is 2.42. The first-order chi connectivity index (χ1) is 11.5. The summed E-state index contributed by atoms with van der Waals surface area (Å²) in [5.74, 6) is 0.103. The summed E-state index contributed by atoms with van der Waals surface area (Å²) in [5, 5.41) is 9.01. The Morgan fingerprint density at radius 1 is 1.33 bits per heavy atom. The normalized spacial score (nSPS) is 21.2. The van der Waals surface area contributed by atoms with Crippen LogP contribution in [0.15, 0.2) is 24.3 Å². The number of hydrogen-bond donors (Lipinski definition) is 0. The number of amides is 1. The fourth-order valence-corrected chi connectivity index (χ4v) is 3.63. The highest BCUT2D eigenvalue weighted by Crippen LogP contribution is 2.31. The zero-order valence-electron chi connectivity index (χ0n) is 14.5. The van der Waals surface area contributed by atoms with Crippen LogP contribution in [-0.2, 0) is 16.1 Å². The summed E-state index contributed by atoms with van der Waals surface area (Å²) >= 11 is 0. The number of nitrogens with zero attached hydrogens (tertiary/aromatic N) is 3. The van der Waals surface area contributed by atoms with Gasteiger partial charge in [-0.15, -0.1) is 0 Å². The summed E-state index contributed by atoms with van der Waals surface area (Å²) in [4.78, 5) is 16.3. The molecule has 2 fully saturated rings. The first-order valence-corrected chi connectivity index (χ1v) is 8.66. The van der Waals surface area contributed by atoms with E-state index in [0.29, 0.717) is 12.1 Å². The van der Waals surface area contributed by atoms with Gasteiger partial charge in [0.15, 0.2) is 0 Å². The number of piperidine rings is 1. The molecular formula is C19H25N3O2. The maximum atomic E-state index is 12.0. The van der Waals surface area contributed by atoms with Crippen LogP contribution in [0.1, 0.15) is 37.8 Å². The van der Waals surface area contributed by atoms with E-state index >= 15 is 0 Å². The number of benzene rings is 1. The minimum Gasteiger partial charge on any atom is -0.363 e. The van der Waals surface area contributed by atoms with Crippen LogP contribution in [-0.4, -0.2) is 53.6 Å². The van der Waals surface area contributed by atoms with Crippen molar-refractivity contribution in [3.8, 4) is 6.07 Å². The summed E-state index contributed by atoms with van der Waals surface area (Å²) in [5.41, 5.74) is 1.71. The van der Waals surface area contributed by atoms with Crippen LogP contribution in [0.4, 0.5) is 0 Å². The van der Waals surface area contributed by atoms with Crippen LogP contribution < -0.4 is 0 Å². The van der Waals surface area contributed by atoms with Gasteiger partial charge in [-0.1, -0.05) is 12.1 Å². The average molecular weight is 327 g/mol. The third kappa shape index (κ3) is 3.61. The standard InChI is InChI=1S/C19H25N3O2/c1-15(2)22-14-19(24-13-18(22)23)6-8-21(9-7-19)12-17-5-3-4-16(10-17)11-20/h3-5,10,15H,6-9,12-14H2,1-2H3. The molecule has 0 saturated carbocycles. The van der Waals surface area contributed by atoms with Crippen molar-refractivity contribution in [2.24, 2.45) is 0 Å². The van der Waals surface area contributed by atoms with E-state index in [4.69, 9.17) is 10.00 Å². The predicted octanol–water partition coefficient (Wildman–Crippen LogP) is 2.16. The molecule has 0 unspecified atom stereocenters. The third-order valence-electron chi connectivity index (χ3n) is 5.13. The van der Waals surface area contributed by atoms with Crippen molar-refractivity contribution in [1.29, 1.82) is 5.26 Å². The summed E-state index contributed by atoms with van der Waals surface area (Å²) in [7, 11) is 0. The van der Waals surface area contributed by atoms with Crippen LogP contribution in [0, 0.1) is 11.3 Å². The molecule has 5 heteroatoms. The smallest absolute Gasteiger partial charge is 0.248 e. The minimum absolute atomic E-state index is 0.103. The lowest BCUT2D eigenvalue weighted by atomic mass is 9.88. The molecule has 1 aromatic rings. The van der Waals surface area contributed by atoms with E-state index in [2.05, 4.69) is 30.9 Å². The molecule has 1 spiro atoms. The fraction of sp³-hybridized carbons (Fsp3) is 0.579. The van der Waals surface area contributed by atoms with Crippen molar-refractivity contribution in [3.63, 3.8) is 0 Å². The van der Waals surface area contributed by atoms with Gasteiger partial charge in [0.05, 0.1) is 23.8 Å². The largest absolute Gasteiger partial charge is 0.363 e. The SMILES string of the molecule is CC(C)N1CC2(CCN(Cc3cccc(C#N)c3)CC2)OCC1=O. The number of rotatable bonds is 3. The van der Waals surface area contributed by atoms with E-state index in [9.17, 15) is 4.79 Å². The molecule has 2 aliphatic rings. The summed E-state index contributed by atoms with van der Waals surface area (Å²) in [6, 6.07) is 10.2. The van der Waals surface area contributed by atoms with Gasteiger partial charge in [0.2, 0.25) is 5.91 Å². The maximum absolute atomic E-state index is 12.0. The van der Waals surface area contributed by atoms with Crippen molar-refractivity contribution in [3.05, 3.63) is 35.4 Å². The molecule has 0 bridgehead atoms. The second-order valence-corrected chi connectivity index (χ2v) is 7.18. The highest BCUT2D eigenvalue weighted by molar-refractivity contribution is 5.78. The molecule has 1 amide bonds. The van der Waals surface area contributed by atoms with Gasteiger partial charge in [0.1, 0.15) is 6.61 Å². The lowest BCUT2D eigenvalue weighted by Crippen LogP contribution is -2.60. The van der Waals surface area contributed by atoms with Crippen LogP contribution in [0.25, 0.3) is 0 Å². The fourth-order valence-electron chi connectivity index (χ4n) is 3.63. The predicted molar refractivity (Wildman–Crippen MR) is 91.2 cm³/mol. The van der Waals surface area contributed by atoms with Crippen molar-refractivity contribution in [2.75, 3.05) is 26.2 Å². The van der Waals surface area contributed by atoms with E-state index in [1.807, 2.05) is 23.1 Å². The Balaban J connectivity index is 1.59. The number of likely N-dealkylation sites (tertiary alicyclic amines) is 1. The van der Waals surface area contributed by atoms with Gasteiger partial charge >= 0.3 is 0 Å². The Bertz CT molecular complexity index is 642. The van der Waals surface area contributed by atoms with Crippen molar-refractivity contribution >= 4 is 5.91 Å². The Hall–Kier alpha value is -1.90. The Morgan fingerprint density at radius 2 is 2.08 bits per heavy atom. The highest BCUT2D eigenvalue weighted by atomic mass is 16.5. The number of ether oxygens (including phenoxy) is 1. The van der Waals surface area contributed by atoms with E-state index in [0.717, 1.165) is 32.5 Å². The lowest BCUT2D eigenvalue weighted by Gasteiger charge is -2.48. The molecule has 5 nitrogen and oxygen atoms in total. The van der Waals surface area contributed by atoms with E-state index in [1.54, 1.807) is 0 Å². The Morgan fingerprint density at radius 3 is 2.75 bits per heavy atom. The molecule has 128 valence electrons. The first kappa shape index (κ1) is 16.9. The van der Waals surface area contributed by atoms with Crippen LogP contribution >= 0.6 is 0 Å². The van der Waals surface area contributed by atoms with Crippen LogP contribution in [0.3, 0.4) is 0 Å². The molecule has 3 rings (SSSR count). The van der Waals surface area contributed by atoms with E-state index in [-0.39, 0.29) is 24.2 Å².